The first kappa shape index (κ1) is 16.5. The fourth-order valence-corrected chi connectivity index (χ4v) is 2.84. The third-order valence-corrected chi connectivity index (χ3v) is 4.53. The number of methoxy groups -OCH3 is 1. The van der Waals surface area contributed by atoms with E-state index in [-0.39, 0.29) is 16.9 Å². The molecule has 0 amide bonds. The van der Waals surface area contributed by atoms with Crippen LogP contribution in [-0.2, 0) is 16.6 Å². The lowest BCUT2D eigenvalue weighted by Gasteiger charge is -2.08. The number of benzene rings is 2. The molecule has 3 N–H and O–H groups in total. The predicted octanol–water partition coefficient (Wildman–Crippen LogP) is -0.147. The minimum Gasteiger partial charge on any atom is -0.497 e. The fourth-order valence-electron chi connectivity index (χ4n) is 1.82. The average molecular weight is 321 g/mol. The van der Waals surface area contributed by atoms with Crippen LogP contribution in [0.15, 0.2) is 53.4 Å². The van der Waals surface area contributed by atoms with Crippen LogP contribution >= 0.6 is 0 Å². The lowest BCUT2D eigenvalue weighted by molar-refractivity contribution is 0.414. The Morgan fingerprint density at radius 3 is 2.14 bits per heavy atom. The van der Waals surface area contributed by atoms with Gasteiger partial charge in [0.15, 0.2) is 0 Å². The summed E-state index contributed by atoms with van der Waals surface area (Å²) in [6.45, 7) is 0.150. The van der Waals surface area contributed by atoms with Crippen molar-refractivity contribution in [1.82, 2.24) is 4.72 Å². The molecule has 2 rings (SSSR count). The smallest absolute Gasteiger partial charge is 0.488 e. The summed E-state index contributed by atoms with van der Waals surface area (Å²) < 4.78 is 31.8. The molecular weight excluding hydrogens is 305 g/mol. The molecule has 0 unspecified atom stereocenters. The molecule has 0 saturated heterocycles. The summed E-state index contributed by atoms with van der Waals surface area (Å²) in [5.74, 6) is 0.699. The molecule has 2 aromatic rings. The van der Waals surface area contributed by atoms with E-state index in [9.17, 15) is 8.42 Å². The zero-order valence-corrected chi connectivity index (χ0v) is 12.7. The van der Waals surface area contributed by atoms with Gasteiger partial charge in [0.25, 0.3) is 0 Å². The third-order valence-electron chi connectivity index (χ3n) is 3.11. The van der Waals surface area contributed by atoms with E-state index in [1.807, 2.05) is 0 Å². The molecule has 0 saturated carbocycles. The second kappa shape index (κ2) is 6.93. The highest BCUT2D eigenvalue weighted by Crippen LogP contribution is 2.12. The Morgan fingerprint density at radius 1 is 1.05 bits per heavy atom. The second-order valence-electron chi connectivity index (χ2n) is 4.62. The highest BCUT2D eigenvalue weighted by Gasteiger charge is 2.16. The van der Waals surface area contributed by atoms with Crippen molar-refractivity contribution in [3.8, 4) is 5.75 Å². The van der Waals surface area contributed by atoms with E-state index < -0.39 is 17.1 Å². The summed E-state index contributed by atoms with van der Waals surface area (Å²) in [4.78, 5) is 0.0606. The minimum absolute atomic E-state index is 0.0606. The van der Waals surface area contributed by atoms with Crippen molar-refractivity contribution in [1.29, 1.82) is 0 Å². The van der Waals surface area contributed by atoms with Gasteiger partial charge in [-0.3, -0.25) is 0 Å². The van der Waals surface area contributed by atoms with Crippen LogP contribution in [0.3, 0.4) is 0 Å². The molecule has 0 radical (unpaired) electrons. The normalized spacial score (nSPS) is 11.2. The molecule has 8 heteroatoms. The molecule has 0 aliphatic carbocycles. The van der Waals surface area contributed by atoms with Crippen LogP contribution < -0.4 is 14.9 Å². The van der Waals surface area contributed by atoms with Crippen LogP contribution in [0.5, 0.6) is 5.75 Å². The van der Waals surface area contributed by atoms with Gasteiger partial charge in [-0.2, -0.15) is 0 Å². The van der Waals surface area contributed by atoms with Gasteiger partial charge in [0.2, 0.25) is 10.0 Å². The first-order chi connectivity index (χ1) is 10.4. The third kappa shape index (κ3) is 4.08. The summed E-state index contributed by atoms with van der Waals surface area (Å²) in [5.41, 5.74) is 1.03. The SMILES string of the molecule is COc1ccc(CNS(=O)(=O)c2ccc(B(O)O)cc2)cc1. The zero-order valence-electron chi connectivity index (χ0n) is 11.9. The van der Waals surface area contributed by atoms with E-state index in [4.69, 9.17) is 14.8 Å². The topological polar surface area (TPSA) is 95.9 Å². The first-order valence-corrected chi connectivity index (χ1v) is 7.99. The zero-order chi connectivity index (χ0) is 16.2. The van der Waals surface area contributed by atoms with E-state index in [1.165, 1.54) is 24.3 Å². The maximum absolute atomic E-state index is 12.1. The standard InChI is InChI=1S/C14H16BNO5S/c1-21-13-6-2-11(3-7-13)10-16-22(19,20)14-8-4-12(5-9-14)15(17)18/h2-9,16-18H,10H2,1H3. The average Bonchev–Trinajstić information content (AvgIpc) is 2.53. The van der Waals surface area contributed by atoms with Crippen LogP contribution in [0.25, 0.3) is 0 Å². The van der Waals surface area contributed by atoms with Crippen molar-refractivity contribution in [2.45, 2.75) is 11.4 Å². The van der Waals surface area contributed by atoms with Gasteiger partial charge in [0, 0.05) is 6.54 Å². The molecule has 6 nitrogen and oxygen atoms in total. The van der Waals surface area contributed by atoms with Crippen molar-refractivity contribution >= 4 is 22.6 Å². The van der Waals surface area contributed by atoms with Gasteiger partial charge in [0.1, 0.15) is 5.75 Å². The van der Waals surface area contributed by atoms with Crippen molar-refractivity contribution in [3.05, 3.63) is 54.1 Å². The lowest BCUT2D eigenvalue weighted by Crippen LogP contribution is -2.30. The van der Waals surface area contributed by atoms with Gasteiger partial charge in [-0.1, -0.05) is 24.3 Å². The Labute approximate surface area is 129 Å². The van der Waals surface area contributed by atoms with E-state index in [2.05, 4.69) is 4.72 Å². The van der Waals surface area contributed by atoms with Crippen molar-refractivity contribution in [3.63, 3.8) is 0 Å². The molecule has 0 aliphatic heterocycles. The van der Waals surface area contributed by atoms with E-state index >= 15 is 0 Å². The lowest BCUT2D eigenvalue weighted by atomic mass is 9.81. The summed E-state index contributed by atoms with van der Waals surface area (Å²) in [6, 6.07) is 12.4. The van der Waals surface area contributed by atoms with Crippen LogP contribution in [0.2, 0.25) is 0 Å². The molecule has 0 atom stereocenters. The number of sulfonamides is 1. The minimum atomic E-state index is -3.66. The fraction of sp³-hybridized carbons (Fsp3) is 0.143. The number of rotatable bonds is 6. The highest BCUT2D eigenvalue weighted by atomic mass is 32.2. The van der Waals surface area contributed by atoms with Gasteiger partial charge in [-0.05, 0) is 35.3 Å². The first-order valence-electron chi connectivity index (χ1n) is 6.51. The molecule has 2 aromatic carbocycles. The van der Waals surface area contributed by atoms with Crippen molar-refractivity contribution < 1.29 is 23.2 Å². The molecule has 0 fully saturated rings. The maximum Gasteiger partial charge on any atom is 0.488 e. The van der Waals surface area contributed by atoms with Crippen LogP contribution in [0.4, 0.5) is 0 Å². The van der Waals surface area contributed by atoms with Gasteiger partial charge < -0.3 is 14.8 Å². The summed E-state index contributed by atoms with van der Waals surface area (Å²) in [5, 5.41) is 18.0. The van der Waals surface area contributed by atoms with Crippen LogP contribution in [-0.4, -0.2) is 32.7 Å². The van der Waals surface area contributed by atoms with Gasteiger partial charge in [-0.15, -0.1) is 0 Å². The molecule has 0 aromatic heterocycles. The molecule has 0 heterocycles. The molecule has 0 spiro atoms. The Kier molecular flexibility index (Phi) is 5.20. The van der Waals surface area contributed by atoms with E-state index in [1.54, 1.807) is 31.4 Å². The number of hydrogen-bond acceptors (Lipinski definition) is 5. The van der Waals surface area contributed by atoms with Crippen molar-refractivity contribution in [2.24, 2.45) is 0 Å². The molecule has 0 bridgehead atoms. The molecule has 22 heavy (non-hydrogen) atoms. The van der Waals surface area contributed by atoms with Gasteiger partial charge >= 0.3 is 7.12 Å². The molecular formula is C14H16BNO5S. The quantitative estimate of drug-likeness (QED) is 0.643. The van der Waals surface area contributed by atoms with E-state index in [0.717, 1.165) is 5.56 Å². The highest BCUT2D eigenvalue weighted by molar-refractivity contribution is 7.89. The van der Waals surface area contributed by atoms with Crippen LogP contribution in [0.1, 0.15) is 5.56 Å². The predicted molar refractivity (Wildman–Crippen MR) is 83.3 cm³/mol. The summed E-state index contributed by atoms with van der Waals surface area (Å²) in [6.07, 6.45) is 0. The number of ether oxygens (including phenoxy) is 1. The monoisotopic (exact) mass is 321 g/mol. The Morgan fingerprint density at radius 2 is 1.64 bits per heavy atom. The Bertz CT molecular complexity index is 714. The Balaban J connectivity index is 2.06. The van der Waals surface area contributed by atoms with Gasteiger partial charge in [-0.25, -0.2) is 13.1 Å². The maximum atomic E-state index is 12.1. The largest absolute Gasteiger partial charge is 0.497 e. The molecule has 0 aliphatic rings. The summed E-state index contributed by atoms with van der Waals surface area (Å²) in [7, 11) is -3.72. The number of hydrogen-bond donors (Lipinski definition) is 3. The van der Waals surface area contributed by atoms with Crippen LogP contribution in [0, 0.1) is 0 Å². The van der Waals surface area contributed by atoms with E-state index in [0.29, 0.717) is 5.75 Å². The molecule has 116 valence electrons. The Hall–Kier alpha value is -1.87. The van der Waals surface area contributed by atoms with Crippen molar-refractivity contribution in [2.75, 3.05) is 7.11 Å². The number of nitrogens with one attached hydrogen (secondary N) is 1. The summed E-state index contributed by atoms with van der Waals surface area (Å²) >= 11 is 0. The second-order valence-corrected chi connectivity index (χ2v) is 6.38. The van der Waals surface area contributed by atoms with Gasteiger partial charge in [0.05, 0.1) is 12.0 Å².